The highest BCUT2D eigenvalue weighted by atomic mass is 35.5. The first kappa shape index (κ1) is 15.0. The molecule has 1 aromatic carbocycles. The summed E-state index contributed by atoms with van der Waals surface area (Å²) in [6.45, 7) is 4.09. The van der Waals surface area contributed by atoms with E-state index in [0.717, 1.165) is 0 Å². The Morgan fingerprint density at radius 2 is 1.57 bits per heavy atom. The molecular formula is C18H15Cl2NO2. The minimum atomic E-state index is -0.308. The molecule has 3 aliphatic rings. The number of hydrogen-bond donors (Lipinski definition) is 0. The second kappa shape index (κ2) is 4.96. The Morgan fingerprint density at radius 1 is 1.00 bits per heavy atom. The molecule has 3 nitrogen and oxygen atoms in total. The monoisotopic (exact) mass is 347 g/mol. The van der Waals surface area contributed by atoms with Crippen molar-refractivity contribution in [2.75, 3.05) is 4.90 Å². The van der Waals surface area contributed by atoms with Crippen LogP contribution in [0.15, 0.2) is 41.5 Å². The van der Waals surface area contributed by atoms with Gasteiger partial charge in [0.25, 0.3) is 0 Å². The van der Waals surface area contributed by atoms with Crippen molar-refractivity contribution in [1.29, 1.82) is 0 Å². The van der Waals surface area contributed by atoms with Crippen molar-refractivity contribution in [3.8, 4) is 0 Å². The van der Waals surface area contributed by atoms with Gasteiger partial charge in [0.15, 0.2) is 0 Å². The van der Waals surface area contributed by atoms with Crippen LogP contribution in [0.25, 0.3) is 0 Å². The predicted octanol–water partition coefficient (Wildman–Crippen LogP) is 4.25. The minimum Gasteiger partial charge on any atom is -0.274 e. The number of allylic oxidation sites excluding steroid dienone is 4. The molecule has 4 rings (SSSR count). The van der Waals surface area contributed by atoms with E-state index >= 15 is 0 Å². The summed E-state index contributed by atoms with van der Waals surface area (Å²) < 4.78 is 0. The Labute approximate surface area is 144 Å². The largest absolute Gasteiger partial charge is 0.274 e. The van der Waals surface area contributed by atoms with Crippen LogP contribution in [0.3, 0.4) is 0 Å². The van der Waals surface area contributed by atoms with Crippen molar-refractivity contribution in [2.45, 2.75) is 13.8 Å². The molecule has 23 heavy (non-hydrogen) atoms. The third-order valence-corrected chi connectivity index (χ3v) is 5.70. The highest BCUT2D eigenvalue weighted by Gasteiger charge is 2.62. The van der Waals surface area contributed by atoms with E-state index in [-0.39, 0.29) is 35.5 Å². The van der Waals surface area contributed by atoms with Gasteiger partial charge >= 0.3 is 0 Å². The van der Waals surface area contributed by atoms with Crippen LogP contribution in [0, 0.1) is 23.7 Å². The van der Waals surface area contributed by atoms with Crippen molar-refractivity contribution in [1.82, 2.24) is 0 Å². The van der Waals surface area contributed by atoms with Crippen LogP contribution in [-0.2, 0) is 9.59 Å². The Balaban J connectivity index is 1.80. The molecule has 2 amide bonds. The molecule has 1 saturated heterocycles. The fourth-order valence-corrected chi connectivity index (χ4v) is 4.69. The summed E-state index contributed by atoms with van der Waals surface area (Å²) in [6, 6.07) is 4.84. The van der Waals surface area contributed by atoms with E-state index in [9.17, 15) is 9.59 Å². The van der Waals surface area contributed by atoms with Crippen LogP contribution in [-0.4, -0.2) is 11.8 Å². The lowest BCUT2D eigenvalue weighted by Crippen LogP contribution is -2.33. The number of imide groups is 1. The third-order valence-electron chi connectivity index (χ3n) is 5.14. The van der Waals surface area contributed by atoms with Crippen molar-refractivity contribution < 1.29 is 9.59 Å². The van der Waals surface area contributed by atoms with Crippen LogP contribution in [0.5, 0.6) is 0 Å². The SMILES string of the molecule is CC(C)=C1[C@H]2C=C[C@H]1[C@H]1C(=O)N(c3cc(Cl)ccc3Cl)C(=O)[C@H]12. The fourth-order valence-electron chi connectivity index (χ4n) is 4.32. The molecule has 1 saturated carbocycles. The molecule has 0 aromatic heterocycles. The molecule has 1 aliphatic heterocycles. The molecule has 0 N–H and O–H groups in total. The zero-order valence-corrected chi connectivity index (χ0v) is 14.2. The molecule has 4 atom stereocenters. The van der Waals surface area contributed by atoms with Gasteiger partial charge in [-0.1, -0.05) is 46.5 Å². The smallest absolute Gasteiger partial charge is 0.238 e. The average Bonchev–Trinajstić information content (AvgIpc) is 3.13. The Morgan fingerprint density at radius 3 is 2.09 bits per heavy atom. The van der Waals surface area contributed by atoms with Crippen molar-refractivity contribution >= 4 is 40.7 Å². The van der Waals surface area contributed by atoms with Gasteiger partial charge < -0.3 is 0 Å². The van der Waals surface area contributed by atoms with E-state index < -0.39 is 0 Å². The first-order valence-electron chi connectivity index (χ1n) is 7.60. The summed E-state index contributed by atoms with van der Waals surface area (Å²) in [7, 11) is 0. The molecule has 1 heterocycles. The van der Waals surface area contributed by atoms with Crippen molar-refractivity contribution in [2.24, 2.45) is 23.7 Å². The summed E-state index contributed by atoms with van der Waals surface area (Å²) >= 11 is 12.2. The van der Waals surface area contributed by atoms with Crippen LogP contribution < -0.4 is 4.90 Å². The molecular weight excluding hydrogens is 333 g/mol. The Kier molecular flexibility index (Phi) is 3.23. The van der Waals surface area contributed by atoms with Gasteiger partial charge in [-0.05, 0) is 32.0 Å². The summed E-state index contributed by atoms with van der Waals surface area (Å²) in [5.41, 5.74) is 2.83. The molecule has 2 bridgehead atoms. The third kappa shape index (κ3) is 1.90. The van der Waals surface area contributed by atoms with Crippen LogP contribution in [0.4, 0.5) is 5.69 Å². The second-order valence-electron chi connectivity index (χ2n) is 6.55. The number of carbonyl (C=O) groups is 2. The Hall–Kier alpha value is -1.58. The number of anilines is 1. The van der Waals surface area contributed by atoms with Crippen molar-refractivity contribution in [3.63, 3.8) is 0 Å². The van der Waals surface area contributed by atoms with Crippen LogP contribution in [0.2, 0.25) is 10.0 Å². The zero-order chi connectivity index (χ0) is 16.5. The summed E-state index contributed by atoms with van der Waals surface area (Å²) in [6.07, 6.45) is 4.14. The topological polar surface area (TPSA) is 37.4 Å². The van der Waals surface area contributed by atoms with Crippen molar-refractivity contribution in [3.05, 3.63) is 51.5 Å². The van der Waals surface area contributed by atoms with Gasteiger partial charge in [0, 0.05) is 16.9 Å². The number of nitrogens with zero attached hydrogens (tertiary/aromatic N) is 1. The van der Waals surface area contributed by atoms with Gasteiger partial charge in [0.05, 0.1) is 22.5 Å². The van der Waals surface area contributed by atoms with E-state index in [0.29, 0.717) is 15.7 Å². The maximum atomic E-state index is 13.0. The van der Waals surface area contributed by atoms with Crippen LogP contribution >= 0.6 is 23.2 Å². The summed E-state index contributed by atoms with van der Waals surface area (Å²) in [4.78, 5) is 27.2. The number of carbonyl (C=O) groups excluding carboxylic acids is 2. The number of benzene rings is 1. The lowest BCUT2D eigenvalue weighted by atomic mass is 9.85. The fraction of sp³-hybridized carbons (Fsp3) is 0.333. The van der Waals surface area contributed by atoms with Crippen LogP contribution in [0.1, 0.15) is 13.8 Å². The molecule has 0 spiro atoms. The second-order valence-corrected chi connectivity index (χ2v) is 7.39. The lowest BCUT2D eigenvalue weighted by molar-refractivity contribution is -0.122. The van der Waals surface area contributed by atoms with E-state index in [1.807, 2.05) is 13.8 Å². The molecule has 118 valence electrons. The molecule has 5 heteroatoms. The summed E-state index contributed by atoms with van der Waals surface area (Å²) in [5, 5.41) is 0.812. The molecule has 0 unspecified atom stereocenters. The maximum Gasteiger partial charge on any atom is 0.238 e. The van der Waals surface area contributed by atoms with E-state index in [1.54, 1.807) is 18.2 Å². The summed E-state index contributed by atoms with van der Waals surface area (Å²) in [5.74, 6) is -0.877. The van der Waals surface area contributed by atoms with Gasteiger partial charge in [0.2, 0.25) is 11.8 Å². The quantitative estimate of drug-likeness (QED) is 0.562. The van der Waals surface area contributed by atoms with E-state index in [2.05, 4.69) is 12.2 Å². The number of amides is 2. The highest BCUT2D eigenvalue weighted by Crippen LogP contribution is 2.57. The van der Waals surface area contributed by atoms with Gasteiger partial charge in [-0.15, -0.1) is 0 Å². The minimum absolute atomic E-state index is 0.0365. The first-order chi connectivity index (χ1) is 10.9. The molecule has 2 fully saturated rings. The highest BCUT2D eigenvalue weighted by molar-refractivity contribution is 6.37. The lowest BCUT2D eigenvalue weighted by Gasteiger charge is -2.20. The van der Waals surface area contributed by atoms with E-state index in [1.165, 1.54) is 16.0 Å². The zero-order valence-electron chi connectivity index (χ0n) is 12.7. The normalized spacial score (nSPS) is 31.3. The van der Waals surface area contributed by atoms with Gasteiger partial charge in [-0.25, -0.2) is 4.90 Å². The predicted molar refractivity (Wildman–Crippen MR) is 90.4 cm³/mol. The number of rotatable bonds is 1. The molecule has 2 aliphatic carbocycles. The number of halogens is 2. The van der Waals surface area contributed by atoms with Gasteiger partial charge in [0.1, 0.15) is 0 Å². The number of fused-ring (bicyclic) bond motifs is 5. The standard InChI is InChI=1S/C18H15Cl2NO2/c1-8(2)14-10-4-5-11(14)16-15(10)17(22)21(18(16)23)13-7-9(19)3-6-12(13)20/h3-7,10-11,15-16H,1-2H3/t10-,11-,15-,16+/m1/s1. The number of hydrogen-bond acceptors (Lipinski definition) is 2. The average molecular weight is 348 g/mol. The Bertz CT molecular complexity index is 773. The van der Waals surface area contributed by atoms with Gasteiger partial charge in [-0.2, -0.15) is 0 Å². The molecule has 0 radical (unpaired) electrons. The molecule has 1 aromatic rings. The maximum absolute atomic E-state index is 13.0. The van der Waals surface area contributed by atoms with E-state index in [4.69, 9.17) is 23.2 Å². The van der Waals surface area contributed by atoms with Gasteiger partial charge in [-0.3, -0.25) is 9.59 Å². The first-order valence-corrected chi connectivity index (χ1v) is 8.36.